The highest BCUT2D eigenvalue weighted by molar-refractivity contribution is 7.99. The van der Waals surface area contributed by atoms with E-state index in [0.29, 0.717) is 22.5 Å². The number of aromatic nitrogens is 3. The van der Waals surface area contributed by atoms with Crippen LogP contribution < -0.4 is 4.74 Å². The van der Waals surface area contributed by atoms with Crippen molar-refractivity contribution in [2.45, 2.75) is 5.16 Å². The predicted molar refractivity (Wildman–Crippen MR) is 118 cm³/mol. The van der Waals surface area contributed by atoms with Crippen molar-refractivity contribution in [2.75, 3.05) is 12.4 Å². The molecule has 0 radical (unpaired) electrons. The van der Waals surface area contributed by atoms with Crippen LogP contribution in [0.15, 0.2) is 90.1 Å². The molecule has 4 rings (SSSR count). The van der Waals surface area contributed by atoms with Gasteiger partial charge in [0.05, 0.1) is 6.61 Å². The summed E-state index contributed by atoms with van der Waals surface area (Å²) in [4.78, 5) is 4.79. The number of benzene rings is 3. The topological polar surface area (TPSA) is 47.9 Å². The van der Waals surface area contributed by atoms with E-state index in [0.717, 1.165) is 28.3 Å². The molecule has 0 amide bonds. The quantitative estimate of drug-likeness (QED) is 0.270. The number of hydrogen-bond donors (Lipinski definition) is 0. The molecule has 6 heteroatoms. The van der Waals surface area contributed by atoms with E-state index in [1.807, 2.05) is 84.9 Å². The van der Waals surface area contributed by atoms with Gasteiger partial charge in [0.15, 0.2) is 0 Å². The number of halogens is 1. The minimum absolute atomic E-state index is 0.538. The predicted octanol–water partition coefficient (Wildman–Crippen LogP) is 6.03. The van der Waals surface area contributed by atoms with Crippen molar-refractivity contribution in [1.82, 2.24) is 15.2 Å². The normalized spacial score (nSPS) is 10.7. The summed E-state index contributed by atoms with van der Waals surface area (Å²) in [5.41, 5.74) is 3.61. The molecule has 4 nitrogen and oxygen atoms in total. The van der Waals surface area contributed by atoms with Gasteiger partial charge in [0, 0.05) is 21.9 Å². The standard InChI is InChI=1S/C23H18ClN3OS/c24-19-11-13-20(14-12-19)28-15-16-29-23-25-21(17-7-3-1-4-8-17)22(26-27-23)18-9-5-2-6-10-18/h1-14H,15-16H2. The third-order valence-corrected chi connectivity index (χ3v) is 5.21. The molecule has 0 aliphatic rings. The van der Waals surface area contributed by atoms with E-state index >= 15 is 0 Å². The third kappa shape index (κ3) is 5.13. The second-order valence-corrected chi connectivity index (χ2v) is 7.67. The molecule has 0 unspecified atom stereocenters. The van der Waals surface area contributed by atoms with E-state index in [4.69, 9.17) is 21.3 Å². The Balaban J connectivity index is 1.50. The summed E-state index contributed by atoms with van der Waals surface area (Å²) >= 11 is 7.41. The summed E-state index contributed by atoms with van der Waals surface area (Å²) in [5, 5.41) is 10.1. The summed E-state index contributed by atoms with van der Waals surface area (Å²) < 4.78 is 5.74. The Morgan fingerprint density at radius 3 is 2.00 bits per heavy atom. The summed E-state index contributed by atoms with van der Waals surface area (Å²) in [7, 11) is 0. The van der Waals surface area contributed by atoms with E-state index in [-0.39, 0.29) is 0 Å². The van der Waals surface area contributed by atoms with Crippen LogP contribution in [0, 0.1) is 0 Å². The zero-order chi connectivity index (χ0) is 19.9. The molecule has 0 atom stereocenters. The molecule has 0 aliphatic heterocycles. The number of thioether (sulfide) groups is 1. The second-order valence-electron chi connectivity index (χ2n) is 6.17. The Morgan fingerprint density at radius 1 is 0.724 bits per heavy atom. The fourth-order valence-electron chi connectivity index (χ4n) is 2.78. The van der Waals surface area contributed by atoms with Gasteiger partial charge in [-0.3, -0.25) is 0 Å². The number of hydrogen-bond acceptors (Lipinski definition) is 5. The molecule has 0 aliphatic carbocycles. The van der Waals surface area contributed by atoms with Crippen molar-refractivity contribution in [3.05, 3.63) is 90.0 Å². The average Bonchev–Trinajstić information content (AvgIpc) is 2.79. The maximum absolute atomic E-state index is 5.89. The van der Waals surface area contributed by atoms with Crippen LogP contribution in [0.2, 0.25) is 5.02 Å². The number of ether oxygens (including phenoxy) is 1. The molecule has 0 spiro atoms. The van der Waals surface area contributed by atoms with Crippen molar-refractivity contribution >= 4 is 23.4 Å². The van der Waals surface area contributed by atoms with Gasteiger partial charge in [0.1, 0.15) is 17.1 Å². The maximum atomic E-state index is 5.89. The maximum Gasteiger partial charge on any atom is 0.209 e. The third-order valence-electron chi connectivity index (χ3n) is 4.16. The van der Waals surface area contributed by atoms with Gasteiger partial charge in [0.2, 0.25) is 5.16 Å². The summed E-state index contributed by atoms with van der Waals surface area (Å²) in [6, 6.07) is 27.4. The monoisotopic (exact) mass is 419 g/mol. The van der Waals surface area contributed by atoms with Crippen molar-refractivity contribution < 1.29 is 4.74 Å². The average molecular weight is 420 g/mol. The Kier molecular flexibility index (Phi) is 6.39. The molecule has 1 aromatic heterocycles. The van der Waals surface area contributed by atoms with Crippen LogP contribution in [0.1, 0.15) is 0 Å². The van der Waals surface area contributed by atoms with E-state index in [2.05, 4.69) is 10.2 Å². The molecule has 29 heavy (non-hydrogen) atoms. The highest BCUT2D eigenvalue weighted by atomic mass is 35.5. The molecule has 1 heterocycles. The smallest absolute Gasteiger partial charge is 0.209 e. The van der Waals surface area contributed by atoms with Gasteiger partial charge in [-0.15, -0.1) is 10.2 Å². The van der Waals surface area contributed by atoms with Crippen LogP contribution in [0.5, 0.6) is 5.75 Å². The van der Waals surface area contributed by atoms with E-state index in [9.17, 15) is 0 Å². The molecule has 4 aromatic rings. The summed E-state index contributed by atoms with van der Waals surface area (Å²) in [6.45, 7) is 0.538. The van der Waals surface area contributed by atoms with Gasteiger partial charge in [-0.25, -0.2) is 4.98 Å². The van der Waals surface area contributed by atoms with Gasteiger partial charge in [-0.05, 0) is 24.3 Å². The molecular weight excluding hydrogens is 402 g/mol. The SMILES string of the molecule is Clc1ccc(OCCSc2nnc(-c3ccccc3)c(-c3ccccc3)n2)cc1. The Hall–Kier alpha value is -2.89. The van der Waals surface area contributed by atoms with Crippen molar-refractivity contribution in [3.8, 4) is 28.3 Å². The van der Waals surface area contributed by atoms with Gasteiger partial charge in [-0.1, -0.05) is 84.0 Å². The first kappa shape index (κ1) is 19.4. The molecule has 3 aromatic carbocycles. The lowest BCUT2D eigenvalue weighted by Crippen LogP contribution is -2.03. The Morgan fingerprint density at radius 2 is 1.34 bits per heavy atom. The molecule has 0 saturated heterocycles. The molecule has 0 bridgehead atoms. The lowest BCUT2D eigenvalue weighted by atomic mass is 10.0. The largest absolute Gasteiger partial charge is 0.493 e. The number of rotatable bonds is 7. The number of nitrogens with zero attached hydrogens (tertiary/aromatic N) is 3. The van der Waals surface area contributed by atoms with Crippen molar-refractivity contribution in [2.24, 2.45) is 0 Å². The first-order valence-electron chi connectivity index (χ1n) is 9.16. The lowest BCUT2D eigenvalue weighted by molar-refractivity contribution is 0.344. The molecule has 144 valence electrons. The van der Waals surface area contributed by atoms with Crippen molar-refractivity contribution in [3.63, 3.8) is 0 Å². The van der Waals surface area contributed by atoms with Crippen molar-refractivity contribution in [1.29, 1.82) is 0 Å². The minimum atomic E-state index is 0.538. The highest BCUT2D eigenvalue weighted by Crippen LogP contribution is 2.29. The van der Waals surface area contributed by atoms with Crippen LogP contribution in [-0.2, 0) is 0 Å². The van der Waals surface area contributed by atoms with Crippen LogP contribution in [0.3, 0.4) is 0 Å². The van der Waals surface area contributed by atoms with Crippen LogP contribution >= 0.6 is 23.4 Å². The molecule has 0 N–H and O–H groups in total. The summed E-state index contributed by atoms with van der Waals surface area (Å²) in [5.74, 6) is 1.50. The van der Waals surface area contributed by atoms with E-state index in [1.165, 1.54) is 11.8 Å². The summed E-state index contributed by atoms with van der Waals surface area (Å²) in [6.07, 6.45) is 0. The fraction of sp³-hybridized carbons (Fsp3) is 0.0870. The first-order valence-corrected chi connectivity index (χ1v) is 10.5. The van der Waals surface area contributed by atoms with Crippen LogP contribution in [0.25, 0.3) is 22.5 Å². The van der Waals surface area contributed by atoms with Crippen LogP contribution in [-0.4, -0.2) is 27.5 Å². The van der Waals surface area contributed by atoms with Gasteiger partial charge in [0.25, 0.3) is 0 Å². The molecule has 0 saturated carbocycles. The second kappa shape index (κ2) is 9.54. The molecular formula is C23H18ClN3OS. The van der Waals surface area contributed by atoms with Crippen LogP contribution in [0.4, 0.5) is 0 Å². The minimum Gasteiger partial charge on any atom is -0.493 e. The van der Waals surface area contributed by atoms with Gasteiger partial charge < -0.3 is 4.74 Å². The fourth-order valence-corrected chi connectivity index (χ4v) is 3.51. The zero-order valence-electron chi connectivity index (χ0n) is 15.5. The molecule has 0 fully saturated rings. The Labute approximate surface area is 178 Å². The highest BCUT2D eigenvalue weighted by Gasteiger charge is 2.13. The first-order chi connectivity index (χ1) is 14.3. The van der Waals surface area contributed by atoms with E-state index < -0.39 is 0 Å². The zero-order valence-corrected chi connectivity index (χ0v) is 17.1. The lowest BCUT2D eigenvalue weighted by Gasteiger charge is -2.10. The Bertz CT molecular complexity index is 1060. The van der Waals surface area contributed by atoms with Gasteiger partial charge >= 0.3 is 0 Å². The van der Waals surface area contributed by atoms with E-state index in [1.54, 1.807) is 0 Å². The van der Waals surface area contributed by atoms with Gasteiger partial charge in [-0.2, -0.15) is 0 Å².